The number of para-hydroxylation sites is 1. The summed E-state index contributed by atoms with van der Waals surface area (Å²) in [5.74, 6) is 1.81. The van der Waals surface area contributed by atoms with Crippen LogP contribution in [0.5, 0.6) is 0 Å². The van der Waals surface area contributed by atoms with Crippen molar-refractivity contribution >= 4 is 5.69 Å². The number of allylic oxidation sites excluding steroid dienone is 2. The van der Waals surface area contributed by atoms with Crippen LogP contribution in [-0.4, -0.2) is 24.5 Å². The number of nitrogens with zero attached hydrogens (tertiary/aromatic N) is 1. The smallest absolute Gasteiger partial charge is 0.0420 e. The van der Waals surface area contributed by atoms with Gasteiger partial charge in [-0.3, -0.25) is 4.90 Å². The zero-order chi connectivity index (χ0) is 17.9. The van der Waals surface area contributed by atoms with Crippen LogP contribution < -0.4 is 5.32 Å². The highest BCUT2D eigenvalue weighted by molar-refractivity contribution is 5.61. The topological polar surface area (TPSA) is 15.3 Å². The zero-order valence-corrected chi connectivity index (χ0v) is 16.4. The number of fused-ring (bicyclic) bond motifs is 3. The maximum Gasteiger partial charge on any atom is 0.0420 e. The summed E-state index contributed by atoms with van der Waals surface area (Å²) in [6.45, 7) is 12.9. The minimum Gasteiger partial charge on any atom is -0.359 e. The molecular formula is C24H32N2. The van der Waals surface area contributed by atoms with E-state index in [9.17, 15) is 0 Å². The average Bonchev–Trinajstić information content (AvgIpc) is 2.95. The van der Waals surface area contributed by atoms with Crippen LogP contribution in [0.3, 0.4) is 0 Å². The maximum absolute atomic E-state index is 4.27. The van der Waals surface area contributed by atoms with Crippen molar-refractivity contribution in [2.45, 2.75) is 51.4 Å². The van der Waals surface area contributed by atoms with Crippen molar-refractivity contribution in [3.05, 3.63) is 53.8 Å². The molecule has 1 saturated carbocycles. The average molecular weight is 349 g/mol. The van der Waals surface area contributed by atoms with Crippen LogP contribution >= 0.6 is 0 Å². The van der Waals surface area contributed by atoms with Gasteiger partial charge in [0.15, 0.2) is 0 Å². The summed E-state index contributed by atoms with van der Waals surface area (Å²) in [6.07, 6.45) is 8.95. The van der Waals surface area contributed by atoms with Crippen LogP contribution in [0.4, 0.5) is 5.69 Å². The molecule has 1 aromatic rings. The molecule has 26 heavy (non-hydrogen) atoms. The largest absolute Gasteiger partial charge is 0.359 e. The molecule has 0 amide bonds. The van der Waals surface area contributed by atoms with E-state index in [1.54, 1.807) is 5.57 Å². The molecule has 1 N–H and O–H groups in total. The predicted octanol–water partition coefficient (Wildman–Crippen LogP) is 5.34. The second-order valence-corrected chi connectivity index (χ2v) is 9.95. The minimum atomic E-state index is 0.303. The Balaban J connectivity index is 1.29. The lowest BCUT2D eigenvalue weighted by Gasteiger charge is -2.51. The van der Waals surface area contributed by atoms with Crippen LogP contribution in [0.2, 0.25) is 0 Å². The highest BCUT2D eigenvalue weighted by Crippen LogP contribution is 2.59. The van der Waals surface area contributed by atoms with Gasteiger partial charge in [-0.15, -0.1) is 0 Å². The van der Waals surface area contributed by atoms with E-state index in [0.29, 0.717) is 10.8 Å². The lowest BCUT2D eigenvalue weighted by molar-refractivity contribution is 0.0249. The molecule has 2 aliphatic heterocycles. The number of hydrogen-bond acceptors (Lipinski definition) is 2. The molecular weight excluding hydrogens is 316 g/mol. The summed E-state index contributed by atoms with van der Waals surface area (Å²) in [5, 5.41) is 3.51. The van der Waals surface area contributed by atoms with Crippen molar-refractivity contribution in [1.29, 1.82) is 0 Å². The molecule has 1 spiro atoms. The first-order valence-electron chi connectivity index (χ1n) is 10.4. The van der Waals surface area contributed by atoms with Gasteiger partial charge in [-0.2, -0.15) is 0 Å². The van der Waals surface area contributed by atoms with Crippen molar-refractivity contribution in [3.63, 3.8) is 0 Å². The number of likely N-dealkylation sites (tertiary alicyclic amines) is 1. The van der Waals surface area contributed by atoms with Gasteiger partial charge in [0.1, 0.15) is 0 Å². The Morgan fingerprint density at radius 3 is 2.73 bits per heavy atom. The second kappa shape index (κ2) is 5.73. The van der Waals surface area contributed by atoms with E-state index < -0.39 is 0 Å². The molecule has 2 fully saturated rings. The molecule has 5 rings (SSSR count). The standard InChI is InChI=1S/C24H32N2/c1-17-14-24(20-6-4-5-7-21(20)25-17)10-12-26(13-11-24)16-19-9-8-18-15-23(2,3)22(18)19/h4-7,9,18,22,25H,1,8,10-16H2,2-3H3. The number of hydrogen-bond donors (Lipinski definition) is 1. The van der Waals surface area contributed by atoms with E-state index >= 15 is 0 Å². The molecule has 0 radical (unpaired) electrons. The zero-order valence-electron chi connectivity index (χ0n) is 16.4. The molecule has 2 heteroatoms. The molecule has 0 aromatic heterocycles. The Bertz CT molecular complexity index is 764. The van der Waals surface area contributed by atoms with Gasteiger partial charge < -0.3 is 5.32 Å². The summed E-state index contributed by atoms with van der Waals surface area (Å²) in [4.78, 5) is 2.72. The molecule has 2 atom stereocenters. The van der Waals surface area contributed by atoms with E-state index in [2.05, 4.69) is 61.0 Å². The van der Waals surface area contributed by atoms with Gasteiger partial charge in [0.25, 0.3) is 0 Å². The Labute approximate surface area is 158 Å². The summed E-state index contributed by atoms with van der Waals surface area (Å²) in [5.41, 5.74) is 6.59. The first-order valence-corrected chi connectivity index (χ1v) is 10.4. The van der Waals surface area contributed by atoms with Crippen LogP contribution in [0.15, 0.2) is 48.2 Å². The molecule has 2 heterocycles. The van der Waals surface area contributed by atoms with Gasteiger partial charge in [-0.25, -0.2) is 0 Å². The summed E-state index contributed by atoms with van der Waals surface area (Å²) in [6, 6.07) is 8.89. The molecule has 2 aliphatic carbocycles. The van der Waals surface area contributed by atoms with Gasteiger partial charge in [-0.1, -0.05) is 50.3 Å². The van der Waals surface area contributed by atoms with Crippen molar-refractivity contribution in [1.82, 2.24) is 4.90 Å². The van der Waals surface area contributed by atoms with Crippen LogP contribution in [-0.2, 0) is 5.41 Å². The Hall–Kier alpha value is -1.54. The maximum atomic E-state index is 4.27. The Kier molecular flexibility index (Phi) is 3.66. The third kappa shape index (κ3) is 2.49. The van der Waals surface area contributed by atoms with Crippen LogP contribution in [0.1, 0.15) is 51.5 Å². The highest BCUT2D eigenvalue weighted by Gasteiger charge is 2.51. The molecule has 4 aliphatic rings. The quantitative estimate of drug-likeness (QED) is 0.726. The third-order valence-electron chi connectivity index (χ3n) is 7.76. The third-order valence-corrected chi connectivity index (χ3v) is 7.76. The molecule has 1 aromatic carbocycles. The van der Waals surface area contributed by atoms with E-state index in [1.165, 1.54) is 62.3 Å². The van der Waals surface area contributed by atoms with Crippen LogP contribution in [0, 0.1) is 17.3 Å². The first kappa shape index (κ1) is 16.6. The van der Waals surface area contributed by atoms with E-state index in [4.69, 9.17) is 0 Å². The molecule has 138 valence electrons. The summed E-state index contributed by atoms with van der Waals surface area (Å²) < 4.78 is 0. The number of nitrogens with one attached hydrogen (secondary N) is 1. The number of rotatable bonds is 2. The van der Waals surface area contributed by atoms with Gasteiger partial charge >= 0.3 is 0 Å². The van der Waals surface area contributed by atoms with Crippen molar-refractivity contribution < 1.29 is 0 Å². The normalized spacial score (nSPS) is 31.6. The molecule has 2 nitrogen and oxygen atoms in total. The number of piperidine rings is 1. The number of anilines is 1. The van der Waals surface area contributed by atoms with E-state index in [0.717, 1.165) is 18.3 Å². The van der Waals surface area contributed by atoms with Gasteiger partial charge in [0.2, 0.25) is 0 Å². The van der Waals surface area contributed by atoms with E-state index in [-0.39, 0.29) is 0 Å². The Morgan fingerprint density at radius 1 is 1.19 bits per heavy atom. The monoisotopic (exact) mass is 348 g/mol. The molecule has 0 bridgehead atoms. The molecule has 2 unspecified atom stereocenters. The van der Waals surface area contributed by atoms with Crippen molar-refractivity contribution in [2.24, 2.45) is 17.3 Å². The first-order chi connectivity index (χ1) is 12.5. The SMILES string of the molecule is C=C1CC2(CCN(CC3=CCC4CC(C)(C)C34)CC2)c2ccccc2N1. The highest BCUT2D eigenvalue weighted by atomic mass is 15.1. The van der Waals surface area contributed by atoms with Gasteiger partial charge in [0.05, 0.1) is 0 Å². The van der Waals surface area contributed by atoms with Crippen molar-refractivity contribution in [3.8, 4) is 0 Å². The molecule has 1 saturated heterocycles. The minimum absolute atomic E-state index is 0.303. The fourth-order valence-electron chi connectivity index (χ4n) is 6.65. The lowest BCUT2D eigenvalue weighted by Crippen LogP contribution is -2.47. The fraction of sp³-hybridized carbons (Fsp3) is 0.583. The second-order valence-electron chi connectivity index (χ2n) is 9.95. The van der Waals surface area contributed by atoms with Crippen LogP contribution in [0.25, 0.3) is 0 Å². The Morgan fingerprint density at radius 2 is 1.96 bits per heavy atom. The van der Waals surface area contributed by atoms with Crippen molar-refractivity contribution in [2.75, 3.05) is 25.0 Å². The summed E-state index contributed by atoms with van der Waals surface area (Å²) >= 11 is 0. The predicted molar refractivity (Wildman–Crippen MR) is 109 cm³/mol. The van der Waals surface area contributed by atoms with Gasteiger partial charge in [-0.05, 0) is 74.1 Å². The fourth-order valence-corrected chi connectivity index (χ4v) is 6.65. The lowest BCUT2D eigenvalue weighted by atomic mass is 9.55. The summed E-state index contributed by atoms with van der Waals surface area (Å²) in [7, 11) is 0. The van der Waals surface area contributed by atoms with Gasteiger partial charge in [0, 0.05) is 23.3 Å². The van der Waals surface area contributed by atoms with E-state index in [1.807, 2.05) is 0 Å². The number of benzene rings is 1.